The molecule has 0 amide bonds. The van der Waals surface area contributed by atoms with E-state index >= 15 is 0 Å². The van der Waals surface area contributed by atoms with Crippen molar-refractivity contribution in [3.05, 3.63) is 71.8 Å². The molecule has 2 nitrogen and oxygen atoms in total. The summed E-state index contributed by atoms with van der Waals surface area (Å²) in [4.78, 5) is 0. The predicted octanol–water partition coefficient (Wildman–Crippen LogP) is 5.03. The van der Waals surface area contributed by atoms with Crippen molar-refractivity contribution in [2.24, 2.45) is 0 Å². The molecule has 1 atom stereocenters. The molecule has 24 heavy (non-hydrogen) atoms. The van der Waals surface area contributed by atoms with Crippen LogP contribution in [0.5, 0.6) is 0 Å². The van der Waals surface area contributed by atoms with E-state index in [0.717, 1.165) is 12.8 Å². The highest BCUT2D eigenvalue weighted by Crippen LogP contribution is 2.42. The molecular weight excluding hydrogens is 295 g/mol. The Kier molecular flexibility index (Phi) is 4.84. The maximum absolute atomic E-state index is 6.35. The molecule has 0 aromatic heterocycles. The maximum atomic E-state index is 6.35. The summed E-state index contributed by atoms with van der Waals surface area (Å²) in [6.45, 7) is 8.47. The third-order valence-corrected chi connectivity index (χ3v) is 5.41. The second-order valence-electron chi connectivity index (χ2n) is 7.67. The fourth-order valence-corrected chi connectivity index (χ4v) is 3.18. The van der Waals surface area contributed by atoms with Gasteiger partial charge < -0.3 is 9.31 Å². The minimum atomic E-state index is -0.294. The molecule has 0 bridgehead atoms. The Labute approximate surface area is 146 Å². The third kappa shape index (κ3) is 3.58. The highest BCUT2D eigenvalue weighted by Gasteiger charge is 2.53. The molecular formula is C21H27BO2. The molecule has 1 fully saturated rings. The van der Waals surface area contributed by atoms with Crippen molar-refractivity contribution in [2.75, 3.05) is 0 Å². The van der Waals surface area contributed by atoms with Crippen molar-refractivity contribution >= 4 is 7.12 Å². The van der Waals surface area contributed by atoms with Crippen LogP contribution in [0.15, 0.2) is 60.7 Å². The molecule has 0 saturated carbocycles. The number of rotatable bonds is 5. The first-order chi connectivity index (χ1) is 11.4. The van der Waals surface area contributed by atoms with E-state index in [-0.39, 0.29) is 24.1 Å². The molecule has 2 aromatic rings. The standard InChI is InChI=1S/C21H27BO2/c1-20(2)21(3,4)24-22(23-20)19(18-13-9-6-10-14-18)16-15-17-11-7-5-8-12-17/h5-14,19H,15-16H2,1-4H3/t19-/m1/s1. The van der Waals surface area contributed by atoms with Gasteiger partial charge in [-0.05, 0) is 51.7 Å². The van der Waals surface area contributed by atoms with E-state index in [9.17, 15) is 0 Å². The fraction of sp³-hybridized carbons (Fsp3) is 0.429. The van der Waals surface area contributed by atoms with Gasteiger partial charge in [-0.1, -0.05) is 60.7 Å². The van der Waals surface area contributed by atoms with E-state index in [1.54, 1.807) is 0 Å². The molecule has 0 N–H and O–H groups in total. The Balaban J connectivity index is 1.81. The Morgan fingerprint density at radius 2 is 1.29 bits per heavy atom. The molecule has 3 heteroatoms. The van der Waals surface area contributed by atoms with E-state index in [1.807, 2.05) is 0 Å². The lowest BCUT2D eigenvalue weighted by Crippen LogP contribution is -2.41. The van der Waals surface area contributed by atoms with Crippen LogP contribution in [0.1, 0.15) is 51.1 Å². The Bertz CT molecular complexity index is 636. The average Bonchev–Trinajstić information content (AvgIpc) is 2.77. The van der Waals surface area contributed by atoms with Crippen LogP contribution in [0, 0.1) is 0 Å². The van der Waals surface area contributed by atoms with Gasteiger partial charge in [-0.3, -0.25) is 0 Å². The Morgan fingerprint density at radius 3 is 1.83 bits per heavy atom. The third-order valence-electron chi connectivity index (χ3n) is 5.41. The van der Waals surface area contributed by atoms with E-state index in [0.29, 0.717) is 0 Å². The van der Waals surface area contributed by atoms with Gasteiger partial charge in [-0.25, -0.2) is 0 Å². The van der Waals surface area contributed by atoms with Crippen LogP contribution >= 0.6 is 0 Å². The zero-order valence-electron chi connectivity index (χ0n) is 15.2. The molecule has 2 aromatic carbocycles. The zero-order chi connectivity index (χ0) is 17.2. The fourth-order valence-electron chi connectivity index (χ4n) is 3.18. The number of hydrogen-bond donors (Lipinski definition) is 0. The van der Waals surface area contributed by atoms with E-state index in [2.05, 4.69) is 88.4 Å². The minimum absolute atomic E-state index is 0.207. The van der Waals surface area contributed by atoms with Gasteiger partial charge in [-0.2, -0.15) is 0 Å². The highest BCUT2D eigenvalue weighted by atomic mass is 16.7. The summed E-state index contributed by atoms with van der Waals surface area (Å²) in [7, 11) is -0.207. The van der Waals surface area contributed by atoms with Gasteiger partial charge in [-0.15, -0.1) is 0 Å². The molecule has 0 aliphatic carbocycles. The lowest BCUT2D eigenvalue weighted by Gasteiger charge is -2.32. The second kappa shape index (κ2) is 6.74. The average molecular weight is 322 g/mol. The van der Waals surface area contributed by atoms with Crippen LogP contribution < -0.4 is 0 Å². The molecule has 126 valence electrons. The smallest absolute Gasteiger partial charge is 0.403 e. The van der Waals surface area contributed by atoms with Crippen molar-refractivity contribution < 1.29 is 9.31 Å². The van der Waals surface area contributed by atoms with Crippen LogP contribution in [-0.2, 0) is 15.7 Å². The summed E-state index contributed by atoms with van der Waals surface area (Å²) in [6.07, 6.45) is 2.02. The van der Waals surface area contributed by atoms with Gasteiger partial charge >= 0.3 is 7.12 Å². The summed E-state index contributed by atoms with van der Waals surface area (Å²) in [6, 6.07) is 21.2. The topological polar surface area (TPSA) is 18.5 Å². The summed E-state index contributed by atoms with van der Waals surface area (Å²) < 4.78 is 12.7. The molecule has 1 aliphatic heterocycles. The summed E-state index contributed by atoms with van der Waals surface area (Å²) >= 11 is 0. The first-order valence-electron chi connectivity index (χ1n) is 8.83. The van der Waals surface area contributed by atoms with E-state index in [1.165, 1.54) is 11.1 Å². The van der Waals surface area contributed by atoms with Gasteiger partial charge in [0.1, 0.15) is 0 Å². The minimum Gasteiger partial charge on any atom is -0.403 e. The molecule has 3 rings (SSSR count). The number of hydrogen-bond acceptors (Lipinski definition) is 2. The number of benzene rings is 2. The Hall–Kier alpha value is -1.58. The molecule has 0 unspecified atom stereocenters. The molecule has 1 heterocycles. The van der Waals surface area contributed by atoms with Crippen molar-refractivity contribution in [2.45, 2.75) is 57.6 Å². The van der Waals surface area contributed by atoms with E-state index in [4.69, 9.17) is 9.31 Å². The summed E-state index contributed by atoms with van der Waals surface area (Å²) in [5.41, 5.74) is 2.05. The van der Waals surface area contributed by atoms with Gasteiger partial charge in [0.2, 0.25) is 0 Å². The quantitative estimate of drug-likeness (QED) is 0.719. The molecule has 0 radical (unpaired) electrons. The van der Waals surface area contributed by atoms with Crippen LogP contribution in [0.25, 0.3) is 0 Å². The largest absolute Gasteiger partial charge is 0.465 e. The second-order valence-corrected chi connectivity index (χ2v) is 7.67. The van der Waals surface area contributed by atoms with Crippen molar-refractivity contribution in [1.29, 1.82) is 0 Å². The summed E-state index contributed by atoms with van der Waals surface area (Å²) in [5, 5.41) is 0. The lowest BCUT2D eigenvalue weighted by molar-refractivity contribution is 0.00578. The molecule has 1 saturated heterocycles. The lowest BCUT2D eigenvalue weighted by atomic mass is 9.65. The summed E-state index contributed by atoms with van der Waals surface area (Å²) in [5.74, 6) is 0.229. The Morgan fingerprint density at radius 1 is 0.792 bits per heavy atom. The van der Waals surface area contributed by atoms with E-state index < -0.39 is 0 Å². The van der Waals surface area contributed by atoms with Crippen LogP contribution in [0.4, 0.5) is 0 Å². The van der Waals surface area contributed by atoms with Gasteiger partial charge in [0.15, 0.2) is 0 Å². The predicted molar refractivity (Wildman–Crippen MR) is 100 cm³/mol. The van der Waals surface area contributed by atoms with Crippen molar-refractivity contribution in [3.63, 3.8) is 0 Å². The van der Waals surface area contributed by atoms with Gasteiger partial charge in [0, 0.05) is 5.82 Å². The SMILES string of the molecule is CC1(C)OB([C@H](CCc2ccccc2)c2ccccc2)OC1(C)C. The molecule has 0 spiro atoms. The zero-order valence-corrected chi connectivity index (χ0v) is 15.2. The highest BCUT2D eigenvalue weighted by molar-refractivity contribution is 6.47. The first-order valence-corrected chi connectivity index (χ1v) is 8.83. The van der Waals surface area contributed by atoms with Crippen LogP contribution in [-0.4, -0.2) is 18.3 Å². The monoisotopic (exact) mass is 322 g/mol. The van der Waals surface area contributed by atoms with Crippen molar-refractivity contribution in [1.82, 2.24) is 0 Å². The van der Waals surface area contributed by atoms with Crippen molar-refractivity contribution in [3.8, 4) is 0 Å². The number of aryl methyl sites for hydroxylation is 1. The maximum Gasteiger partial charge on any atom is 0.465 e. The van der Waals surface area contributed by atoms with Crippen LogP contribution in [0.2, 0.25) is 0 Å². The first kappa shape index (κ1) is 17.3. The van der Waals surface area contributed by atoms with Gasteiger partial charge in [0.25, 0.3) is 0 Å². The molecule has 1 aliphatic rings. The normalized spacial score (nSPS) is 20.1. The van der Waals surface area contributed by atoms with Gasteiger partial charge in [0.05, 0.1) is 11.2 Å². The van der Waals surface area contributed by atoms with Crippen LogP contribution in [0.3, 0.4) is 0 Å².